The van der Waals surface area contributed by atoms with E-state index in [1.165, 1.54) is 13.8 Å². The van der Waals surface area contributed by atoms with Crippen LogP contribution < -0.4 is 0 Å². The van der Waals surface area contributed by atoms with Crippen LogP contribution in [-0.4, -0.2) is 9.91 Å². The molecule has 5 nitrogen and oxygen atoms in total. The zero-order valence-electron chi connectivity index (χ0n) is 10.0. The molecular formula is C13H11N3O2. The molecule has 0 aliphatic rings. The van der Waals surface area contributed by atoms with E-state index in [1.54, 1.807) is 30.5 Å². The maximum Gasteiger partial charge on any atom is 0.242 e. The van der Waals surface area contributed by atoms with Crippen LogP contribution in [0.5, 0.6) is 0 Å². The van der Waals surface area contributed by atoms with Crippen molar-refractivity contribution < 1.29 is 4.92 Å². The molecule has 0 bridgehead atoms. The lowest BCUT2D eigenvalue weighted by Gasteiger charge is -2.18. The van der Waals surface area contributed by atoms with E-state index in [0.717, 1.165) is 0 Å². The van der Waals surface area contributed by atoms with Crippen molar-refractivity contribution >= 4 is 10.9 Å². The van der Waals surface area contributed by atoms with E-state index in [0.29, 0.717) is 22.0 Å². The van der Waals surface area contributed by atoms with Gasteiger partial charge in [-0.1, -0.05) is 0 Å². The predicted octanol–water partition coefficient (Wildman–Crippen LogP) is 2.62. The number of aromatic nitrogens is 1. The second kappa shape index (κ2) is 4.08. The zero-order chi connectivity index (χ0) is 13.3. The normalized spacial score (nSPS) is 11.2. The molecule has 5 heteroatoms. The third kappa shape index (κ3) is 1.68. The van der Waals surface area contributed by atoms with Crippen molar-refractivity contribution in [2.45, 2.75) is 19.4 Å². The number of fused-ring (bicyclic) bond motifs is 1. The molecule has 0 amide bonds. The van der Waals surface area contributed by atoms with Gasteiger partial charge in [-0.3, -0.25) is 15.1 Å². The second-order valence-corrected chi connectivity index (χ2v) is 4.49. The van der Waals surface area contributed by atoms with Crippen LogP contribution in [0, 0.1) is 21.4 Å². The lowest BCUT2D eigenvalue weighted by Crippen LogP contribution is -2.29. The first-order valence-electron chi connectivity index (χ1n) is 5.41. The average molecular weight is 241 g/mol. The molecular weight excluding hydrogens is 230 g/mol. The van der Waals surface area contributed by atoms with Gasteiger partial charge in [0.15, 0.2) is 0 Å². The predicted molar refractivity (Wildman–Crippen MR) is 66.5 cm³/mol. The highest BCUT2D eigenvalue weighted by atomic mass is 16.6. The first-order valence-corrected chi connectivity index (χ1v) is 5.41. The second-order valence-electron chi connectivity index (χ2n) is 4.49. The van der Waals surface area contributed by atoms with Crippen LogP contribution in [0.2, 0.25) is 0 Å². The first-order chi connectivity index (χ1) is 8.48. The molecule has 2 aromatic rings. The van der Waals surface area contributed by atoms with Gasteiger partial charge in [-0.25, -0.2) is 0 Å². The summed E-state index contributed by atoms with van der Waals surface area (Å²) in [6.07, 6.45) is 1.63. The fourth-order valence-electron chi connectivity index (χ4n) is 1.88. The monoisotopic (exact) mass is 241 g/mol. The summed E-state index contributed by atoms with van der Waals surface area (Å²) in [6, 6.07) is 8.83. The van der Waals surface area contributed by atoms with Gasteiger partial charge in [-0.2, -0.15) is 5.26 Å². The van der Waals surface area contributed by atoms with Gasteiger partial charge in [0.1, 0.15) is 6.07 Å². The number of nitrogens with zero attached hydrogens (tertiary/aromatic N) is 3. The van der Waals surface area contributed by atoms with Crippen LogP contribution in [0.4, 0.5) is 0 Å². The summed E-state index contributed by atoms with van der Waals surface area (Å²) in [4.78, 5) is 14.9. The number of hydrogen-bond donors (Lipinski definition) is 0. The minimum Gasteiger partial charge on any atom is -0.264 e. The van der Waals surface area contributed by atoms with Crippen molar-refractivity contribution in [3.8, 4) is 6.07 Å². The van der Waals surface area contributed by atoms with Crippen LogP contribution in [0.25, 0.3) is 10.9 Å². The van der Waals surface area contributed by atoms with Crippen molar-refractivity contribution in [3.05, 3.63) is 51.7 Å². The Bertz CT molecular complexity index is 671. The molecule has 0 fully saturated rings. The highest BCUT2D eigenvalue weighted by Crippen LogP contribution is 2.30. The summed E-state index contributed by atoms with van der Waals surface area (Å²) in [5.41, 5.74) is 0.101. The molecule has 0 atom stereocenters. The Hall–Kier alpha value is -2.48. The Morgan fingerprint density at radius 1 is 1.39 bits per heavy atom. The van der Waals surface area contributed by atoms with Gasteiger partial charge in [-0.15, -0.1) is 0 Å². The largest absolute Gasteiger partial charge is 0.264 e. The summed E-state index contributed by atoms with van der Waals surface area (Å²) < 4.78 is 0. The summed E-state index contributed by atoms with van der Waals surface area (Å²) >= 11 is 0. The highest BCUT2D eigenvalue weighted by Gasteiger charge is 2.36. The smallest absolute Gasteiger partial charge is 0.242 e. The first kappa shape index (κ1) is 12.0. The van der Waals surface area contributed by atoms with Gasteiger partial charge < -0.3 is 0 Å². The topological polar surface area (TPSA) is 79.8 Å². The van der Waals surface area contributed by atoms with Crippen LogP contribution in [-0.2, 0) is 5.54 Å². The fraction of sp³-hybridized carbons (Fsp3) is 0.231. The molecule has 1 aromatic carbocycles. The minimum absolute atomic E-state index is 0.322. The van der Waals surface area contributed by atoms with Gasteiger partial charge >= 0.3 is 0 Å². The lowest BCUT2D eigenvalue weighted by atomic mass is 9.89. The van der Waals surface area contributed by atoms with E-state index in [9.17, 15) is 15.4 Å². The SMILES string of the molecule is CC(C)(c1ccc2ncccc2c1C#N)[N+](=O)[O-]. The Kier molecular flexibility index (Phi) is 2.71. The Morgan fingerprint density at radius 2 is 2.11 bits per heavy atom. The third-order valence-electron chi connectivity index (χ3n) is 3.01. The maximum atomic E-state index is 11.1. The Balaban J connectivity index is 2.82. The van der Waals surface area contributed by atoms with Crippen LogP contribution in [0.1, 0.15) is 25.0 Å². The number of hydrogen-bond acceptors (Lipinski definition) is 4. The van der Waals surface area contributed by atoms with E-state index in [4.69, 9.17) is 0 Å². The van der Waals surface area contributed by atoms with Crippen LogP contribution in [0.15, 0.2) is 30.5 Å². The van der Waals surface area contributed by atoms with Crippen LogP contribution >= 0.6 is 0 Å². The highest BCUT2D eigenvalue weighted by molar-refractivity contribution is 5.86. The average Bonchev–Trinajstić information content (AvgIpc) is 2.36. The molecule has 0 aliphatic heterocycles. The fourth-order valence-corrected chi connectivity index (χ4v) is 1.88. The van der Waals surface area contributed by atoms with Gasteiger partial charge in [0, 0.05) is 35.9 Å². The molecule has 0 aliphatic carbocycles. The van der Waals surface area contributed by atoms with Crippen LogP contribution in [0.3, 0.4) is 0 Å². The van der Waals surface area contributed by atoms with Gasteiger partial charge in [-0.05, 0) is 24.3 Å². The standard InChI is InChI=1S/C13H11N3O2/c1-13(2,16(17)18)11-5-6-12-9(10(11)8-14)4-3-7-15-12/h3-7H,1-2H3. The molecule has 0 unspecified atom stereocenters. The van der Waals surface area contributed by atoms with E-state index < -0.39 is 5.54 Å². The molecule has 0 spiro atoms. The summed E-state index contributed by atoms with van der Waals surface area (Å²) in [5.74, 6) is 0. The Morgan fingerprint density at radius 3 is 2.72 bits per heavy atom. The lowest BCUT2D eigenvalue weighted by molar-refractivity contribution is -0.569. The van der Waals surface area contributed by atoms with E-state index in [-0.39, 0.29) is 4.92 Å². The van der Waals surface area contributed by atoms with E-state index in [2.05, 4.69) is 11.1 Å². The molecule has 90 valence electrons. The number of nitriles is 1. The quantitative estimate of drug-likeness (QED) is 0.598. The molecule has 0 saturated carbocycles. The molecule has 0 saturated heterocycles. The Labute approximate surface area is 104 Å². The van der Waals surface area contributed by atoms with E-state index in [1.807, 2.05) is 0 Å². The summed E-state index contributed by atoms with van der Waals surface area (Å²) in [7, 11) is 0. The minimum atomic E-state index is -1.30. The molecule has 0 radical (unpaired) electrons. The number of nitro groups is 1. The summed E-state index contributed by atoms with van der Waals surface area (Å²) in [6.45, 7) is 2.98. The van der Waals surface area contributed by atoms with Crippen molar-refractivity contribution in [2.75, 3.05) is 0 Å². The molecule has 18 heavy (non-hydrogen) atoms. The molecule has 1 heterocycles. The van der Waals surface area contributed by atoms with Crippen molar-refractivity contribution in [1.29, 1.82) is 5.26 Å². The number of rotatable bonds is 2. The summed E-state index contributed by atoms with van der Waals surface area (Å²) in [5, 5.41) is 21.0. The zero-order valence-corrected chi connectivity index (χ0v) is 10.0. The van der Waals surface area contributed by atoms with Crippen molar-refractivity contribution in [2.24, 2.45) is 0 Å². The maximum absolute atomic E-state index is 11.1. The van der Waals surface area contributed by atoms with Gasteiger partial charge in [0.05, 0.1) is 11.1 Å². The number of benzene rings is 1. The molecule has 2 rings (SSSR count). The van der Waals surface area contributed by atoms with Crippen molar-refractivity contribution in [1.82, 2.24) is 4.98 Å². The number of pyridine rings is 1. The third-order valence-corrected chi connectivity index (χ3v) is 3.01. The van der Waals surface area contributed by atoms with Crippen molar-refractivity contribution in [3.63, 3.8) is 0 Å². The van der Waals surface area contributed by atoms with E-state index >= 15 is 0 Å². The van der Waals surface area contributed by atoms with Gasteiger partial charge in [0.25, 0.3) is 0 Å². The van der Waals surface area contributed by atoms with Gasteiger partial charge in [0.2, 0.25) is 5.54 Å². The molecule has 0 N–H and O–H groups in total. The molecule has 1 aromatic heterocycles.